The Morgan fingerprint density at radius 1 is 1.12 bits per heavy atom. The lowest BCUT2D eigenvalue weighted by Crippen LogP contribution is -2.30. The van der Waals surface area contributed by atoms with Crippen LogP contribution in [0.5, 0.6) is 5.75 Å². The van der Waals surface area contributed by atoms with Gasteiger partial charge >= 0.3 is 0 Å². The standard InChI is InChI=1S/C14H23NO/c1-5-16-14-8-6-13(7-9-14)10-15-12(4)11(2)3/h6-9,11-12,15H,5,10H2,1-4H3. The van der Waals surface area contributed by atoms with E-state index >= 15 is 0 Å². The SMILES string of the molecule is CCOc1ccc(CNC(C)C(C)C)cc1. The van der Waals surface area contributed by atoms with E-state index in [0.29, 0.717) is 12.0 Å². The van der Waals surface area contributed by atoms with Gasteiger partial charge in [-0.1, -0.05) is 26.0 Å². The molecule has 0 saturated heterocycles. The predicted octanol–water partition coefficient (Wildman–Crippen LogP) is 3.22. The van der Waals surface area contributed by atoms with Crippen LogP contribution in [0.1, 0.15) is 33.3 Å². The third-order valence-electron chi connectivity index (χ3n) is 2.86. The molecule has 1 N–H and O–H groups in total. The molecule has 90 valence electrons. The number of hydrogen-bond donors (Lipinski definition) is 1. The Morgan fingerprint density at radius 2 is 1.75 bits per heavy atom. The van der Waals surface area contributed by atoms with Crippen LogP contribution in [-0.4, -0.2) is 12.6 Å². The van der Waals surface area contributed by atoms with Crippen LogP contribution in [0.25, 0.3) is 0 Å². The van der Waals surface area contributed by atoms with Gasteiger partial charge in [-0.15, -0.1) is 0 Å². The van der Waals surface area contributed by atoms with Crippen LogP contribution in [0, 0.1) is 5.92 Å². The largest absolute Gasteiger partial charge is 0.494 e. The first-order chi connectivity index (χ1) is 7.63. The molecule has 2 heteroatoms. The second kappa shape index (κ2) is 6.54. The maximum Gasteiger partial charge on any atom is 0.119 e. The highest BCUT2D eigenvalue weighted by Crippen LogP contribution is 2.12. The van der Waals surface area contributed by atoms with Crippen molar-refractivity contribution in [3.8, 4) is 5.75 Å². The number of rotatable bonds is 6. The second-order valence-electron chi connectivity index (χ2n) is 4.49. The summed E-state index contributed by atoms with van der Waals surface area (Å²) in [6.07, 6.45) is 0. The van der Waals surface area contributed by atoms with Crippen molar-refractivity contribution in [1.82, 2.24) is 5.32 Å². The van der Waals surface area contributed by atoms with Crippen LogP contribution < -0.4 is 10.1 Å². The Labute approximate surface area is 99.0 Å². The quantitative estimate of drug-likeness (QED) is 0.796. The zero-order chi connectivity index (χ0) is 12.0. The molecule has 0 aliphatic rings. The van der Waals surface area contributed by atoms with Crippen LogP contribution >= 0.6 is 0 Å². The van der Waals surface area contributed by atoms with Crippen molar-refractivity contribution < 1.29 is 4.74 Å². The molecule has 0 fully saturated rings. The molecule has 16 heavy (non-hydrogen) atoms. The molecule has 0 aliphatic carbocycles. The summed E-state index contributed by atoms with van der Waals surface area (Å²) < 4.78 is 5.40. The Kier molecular flexibility index (Phi) is 5.33. The maximum absolute atomic E-state index is 5.40. The maximum atomic E-state index is 5.40. The fourth-order valence-corrected chi connectivity index (χ4v) is 1.38. The molecule has 1 unspecified atom stereocenters. The summed E-state index contributed by atoms with van der Waals surface area (Å²) in [7, 11) is 0. The summed E-state index contributed by atoms with van der Waals surface area (Å²) in [6, 6.07) is 8.84. The smallest absolute Gasteiger partial charge is 0.119 e. The van der Waals surface area contributed by atoms with Crippen molar-refractivity contribution in [3.63, 3.8) is 0 Å². The van der Waals surface area contributed by atoms with Gasteiger partial charge in [0.1, 0.15) is 5.75 Å². The molecule has 0 saturated carbocycles. The van der Waals surface area contributed by atoms with Gasteiger partial charge in [-0.25, -0.2) is 0 Å². The summed E-state index contributed by atoms with van der Waals surface area (Å²) in [5, 5.41) is 3.51. The van der Waals surface area contributed by atoms with Gasteiger partial charge in [-0.3, -0.25) is 0 Å². The van der Waals surface area contributed by atoms with Crippen LogP contribution in [0.15, 0.2) is 24.3 Å². The van der Waals surface area contributed by atoms with Gasteiger partial charge in [0.15, 0.2) is 0 Å². The monoisotopic (exact) mass is 221 g/mol. The van der Waals surface area contributed by atoms with Crippen LogP contribution in [0.4, 0.5) is 0 Å². The molecule has 0 aromatic heterocycles. The Hall–Kier alpha value is -1.02. The lowest BCUT2D eigenvalue weighted by Gasteiger charge is -2.17. The van der Waals surface area contributed by atoms with E-state index in [1.165, 1.54) is 5.56 Å². The molecule has 2 nitrogen and oxygen atoms in total. The van der Waals surface area contributed by atoms with Crippen molar-refractivity contribution in [2.45, 2.75) is 40.3 Å². The van der Waals surface area contributed by atoms with Crippen molar-refractivity contribution in [2.75, 3.05) is 6.61 Å². The van der Waals surface area contributed by atoms with E-state index in [9.17, 15) is 0 Å². The summed E-state index contributed by atoms with van der Waals surface area (Å²) in [5.74, 6) is 1.62. The topological polar surface area (TPSA) is 21.3 Å². The first-order valence-electron chi connectivity index (χ1n) is 6.08. The number of hydrogen-bond acceptors (Lipinski definition) is 2. The minimum absolute atomic E-state index is 0.548. The van der Waals surface area contributed by atoms with Gasteiger partial charge in [0.05, 0.1) is 6.61 Å². The highest BCUT2D eigenvalue weighted by molar-refractivity contribution is 5.27. The van der Waals surface area contributed by atoms with E-state index < -0.39 is 0 Å². The van der Waals surface area contributed by atoms with E-state index in [1.807, 2.05) is 19.1 Å². The second-order valence-corrected chi connectivity index (χ2v) is 4.49. The van der Waals surface area contributed by atoms with Gasteiger partial charge in [0, 0.05) is 12.6 Å². The zero-order valence-electron chi connectivity index (χ0n) is 10.8. The van der Waals surface area contributed by atoms with Gasteiger partial charge in [-0.2, -0.15) is 0 Å². The van der Waals surface area contributed by atoms with E-state index in [4.69, 9.17) is 4.74 Å². The fourth-order valence-electron chi connectivity index (χ4n) is 1.38. The highest BCUT2D eigenvalue weighted by Gasteiger charge is 2.05. The van der Waals surface area contributed by atoms with E-state index in [1.54, 1.807) is 0 Å². The fraction of sp³-hybridized carbons (Fsp3) is 0.571. The van der Waals surface area contributed by atoms with E-state index in [0.717, 1.165) is 18.9 Å². The normalized spacial score (nSPS) is 12.8. The van der Waals surface area contributed by atoms with E-state index in [-0.39, 0.29) is 0 Å². The predicted molar refractivity (Wildman–Crippen MR) is 68.8 cm³/mol. The van der Waals surface area contributed by atoms with Crippen LogP contribution in [0.2, 0.25) is 0 Å². The number of ether oxygens (including phenoxy) is 1. The van der Waals surface area contributed by atoms with Crippen LogP contribution in [-0.2, 0) is 6.54 Å². The van der Waals surface area contributed by atoms with Crippen molar-refractivity contribution in [3.05, 3.63) is 29.8 Å². The lowest BCUT2D eigenvalue weighted by molar-refractivity contribution is 0.340. The molecule has 0 spiro atoms. The molecular weight excluding hydrogens is 198 g/mol. The van der Waals surface area contributed by atoms with Gasteiger partial charge in [0.25, 0.3) is 0 Å². The Balaban J connectivity index is 2.43. The van der Waals surface area contributed by atoms with E-state index in [2.05, 4.69) is 38.2 Å². The Bertz CT molecular complexity index is 292. The molecule has 0 bridgehead atoms. The summed E-state index contributed by atoms with van der Waals surface area (Å²) in [5.41, 5.74) is 1.30. The van der Waals surface area contributed by atoms with Gasteiger partial charge in [-0.05, 0) is 37.5 Å². The first kappa shape index (κ1) is 13.0. The molecule has 0 aliphatic heterocycles. The van der Waals surface area contributed by atoms with Crippen molar-refractivity contribution >= 4 is 0 Å². The highest BCUT2D eigenvalue weighted by atomic mass is 16.5. The minimum Gasteiger partial charge on any atom is -0.494 e. The van der Waals surface area contributed by atoms with Crippen molar-refractivity contribution in [1.29, 1.82) is 0 Å². The average molecular weight is 221 g/mol. The van der Waals surface area contributed by atoms with Crippen molar-refractivity contribution in [2.24, 2.45) is 5.92 Å². The first-order valence-corrected chi connectivity index (χ1v) is 6.08. The average Bonchev–Trinajstić information content (AvgIpc) is 2.28. The molecule has 0 amide bonds. The molecule has 0 radical (unpaired) electrons. The number of benzene rings is 1. The Morgan fingerprint density at radius 3 is 2.25 bits per heavy atom. The third-order valence-corrected chi connectivity index (χ3v) is 2.86. The zero-order valence-corrected chi connectivity index (χ0v) is 10.8. The molecule has 1 rings (SSSR count). The summed E-state index contributed by atoms with van der Waals surface area (Å²) >= 11 is 0. The molecule has 1 aromatic rings. The summed E-state index contributed by atoms with van der Waals surface area (Å²) in [4.78, 5) is 0. The summed E-state index contributed by atoms with van der Waals surface area (Å²) in [6.45, 7) is 10.3. The molecule has 0 heterocycles. The third kappa shape index (κ3) is 4.23. The molecule has 1 atom stereocenters. The molecule has 1 aromatic carbocycles. The van der Waals surface area contributed by atoms with Crippen LogP contribution in [0.3, 0.4) is 0 Å². The minimum atomic E-state index is 0.548. The van der Waals surface area contributed by atoms with Gasteiger partial charge < -0.3 is 10.1 Å². The molecular formula is C14H23NO. The number of nitrogens with one attached hydrogen (secondary N) is 1. The lowest BCUT2D eigenvalue weighted by atomic mass is 10.1. The van der Waals surface area contributed by atoms with Gasteiger partial charge in [0.2, 0.25) is 0 Å².